The van der Waals surface area contributed by atoms with E-state index in [9.17, 15) is 5.11 Å². The first kappa shape index (κ1) is 9.12. The summed E-state index contributed by atoms with van der Waals surface area (Å²) in [5.41, 5.74) is 0.671. The smallest absolute Gasteiger partial charge is 0.120 e. The highest BCUT2D eigenvalue weighted by atomic mass is 35.5. The third-order valence-electron chi connectivity index (χ3n) is 1.38. The highest BCUT2D eigenvalue weighted by Crippen LogP contribution is 2.33. The maximum atomic E-state index is 9.26. The van der Waals surface area contributed by atoms with Crippen molar-refractivity contribution in [3.05, 3.63) is 27.7 Å². The zero-order chi connectivity index (χ0) is 8.43. The fourth-order valence-corrected chi connectivity index (χ4v) is 1.73. The van der Waals surface area contributed by atoms with Crippen molar-refractivity contribution in [1.29, 1.82) is 0 Å². The molecule has 0 aliphatic rings. The first-order valence-electron chi connectivity index (χ1n) is 3.02. The van der Waals surface area contributed by atoms with Gasteiger partial charge in [-0.2, -0.15) is 0 Å². The van der Waals surface area contributed by atoms with E-state index >= 15 is 0 Å². The standard InChI is InChI=1S/C7H7Cl2OP/c8-5-1-2-6(10)4(3-11)7(5)9/h1-2,10H,3,11H2. The van der Waals surface area contributed by atoms with E-state index < -0.39 is 0 Å². The van der Waals surface area contributed by atoms with Crippen molar-refractivity contribution in [2.75, 3.05) is 0 Å². The molecule has 0 spiro atoms. The van der Waals surface area contributed by atoms with Crippen LogP contribution < -0.4 is 0 Å². The number of phenolic OH excluding ortho intramolecular Hbond substituents is 1. The summed E-state index contributed by atoms with van der Waals surface area (Å²) in [4.78, 5) is 0. The summed E-state index contributed by atoms with van der Waals surface area (Å²) in [6.45, 7) is 0. The second-order valence-corrected chi connectivity index (χ2v) is 3.26. The topological polar surface area (TPSA) is 20.2 Å². The summed E-state index contributed by atoms with van der Waals surface area (Å²) >= 11 is 11.5. The van der Waals surface area contributed by atoms with Crippen LogP contribution in [0.15, 0.2) is 12.1 Å². The van der Waals surface area contributed by atoms with E-state index in [1.807, 2.05) is 0 Å². The molecule has 60 valence electrons. The highest BCUT2D eigenvalue weighted by molar-refractivity contribution is 7.15. The number of hydrogen-bond acceptors (Lipinski definition) is 1. The number of halogens is 2. The minimum absolute atomic E-state index is 0.189. The largest absolute Gasteiger partial charge is 0.508 e. The summed E-state index contributed by atoms with van der Waals surface area (Å²) < 4.78 is 0. The number of aromatic hydroxyl groups is 1. The molecule has 1 aromatic carbocycles. The lowest BCUT2D eigenvalue weighted by molar-refractivity contribution is 0.470. The molecule has 0 aromatic heterocycles. The van der Waals surface area contributed by atoms with E-state index in [-0.39, 0.29) is 5.75 Å². The predicted octanol–water partition coefficient (Wildman–Crippen LogP) is 3.07. The Morgan fingerprint density at radius 2 is 2.00 bits per heavy atom. The Hall–Kier alpha value is 0.0300. The molecule has 1 rings (SSSR count). The van der Waals surface area contributed by atoms with Crippen molar-refractivity contribution < 1.29 is 5.11 Å². The average Bonchev–Trinajstić information content (AvgIpc) is 1.99. The van der Waals surface area contributed by atoms with Crippen molar-refractivity contribution in [3.63, 3.8) is 0 Å². The van der Waals surface area contributed by atoms with E-state index in [2.05, 4.69) is 9.24 Å². The van der Waals surface area contributed by atoms with Gasteiger partial charge in [-0.15, -0.1) is 9.24 Å². The lowest BCUT2D eigenvalue weighted by atomic mass is 10.2. The molecule has 0 aliphatic heterocycles. The SMILES string of the molecule is Oc1ccc(Cl)c(Cl)c1CP. The number of benzene rings is 1. The monoisotopic (exact) mass is 208 g/mol. The molecule has 1 atom stereocenters. The van der Waals surface area contributed by atoms with Gasteiger partial charge < -0.3 is 5.11 Å². The molecule has 0 heterocycles. The van der Waals surface area contributed by atoms with Gasteiger partial charge in [-0.3, -0.25) is 0 Å². The maximum absolute atomic E-state index is 9.26. The average molecular weight is 209 g/mol. The number of phenols is 1. The van der Waals surface area contributed by atoms with Gasteiger partial charge in [0.1, 0.15) is 5.75 Å². The number of hydrogen-bond donors (Lipinski definition) is 1. The van der Waals surface area contributed by atoms with Gasteiger partial charge in [0.05, 0.1) is 10.0 Å². The van der Waals surface area contributed by atoms with Crippen molar-refractivity contribution in [1.82, 2.24) is 0 Å². The van der Waals surface area contributed by atoms with E-state index in [0.29, 0.717) is 21.8 Å². The van der Waals surface area contributed by atoms with Gasteiger partial charge >= 0.3 is 0 Å². The third-order valence-corrected chi connectivity index (χ3v) is 2.63. The molecular weight excluding hydrogens is 202 g/mol. The number of rotatable bonds is 1. The van der Waals surface area contributed by atoms with Crippen LogP contribution in [0.2, 0.25) is 10.0 Å². The van der Waals surface area contributed by atoms with Crippen LogP contribution >= 0.6 is 32.4 Å². The molecule has 1 aromatic rings. The fourth-order valence-electron chi connectivity index (χ4n) is 0.777. The van der Waals surface area contributed by atoms with Gasteiger partial charge in [0, 0.05) is 5.56 Å². The molecule has 1 unspecified atom stereocenters. The normalized spacial score (nSPS) is 10.1. The quantitative estimate of drug-likeness (QED) is 0.704. The first-order chi connectivity index (χ1) is 5.16. The van der Waals surface area contributed by atoms with Crippen molar-refractivity contribution in [2.45, 2.75) is 6.16 Å². The van der Waals surface area contributed by atoms with Crippen LogP contribution in [0.3, 0.4) is 0 Å². The van der Waals surface area contributed by atoms with Crippen molar-refractivity contribution in [3.8, 4) is 5.75 Å². The van der Waals surface area contributed by atoms with Crippen LogP contribution in [0.5, 0.6) is 5.75 Å². The van der Waals surface area contributed by atoms with Gasteiger partial charge in [-0.05, 0) is 18.3 Å². The molecule has 0 saturated heterocycles. The Labute approximate surface area is 77.5 Å². The van der Waals surface area contributed by atoms with Crippen LogP contribution in [0.25, 0.3) is 0 Å². The molecule has 0 radical (unpaired) electrons. The Balaban J connectivity index is 3.29. The third kappa shape index (κ3) is 1.79. The van der Waals surface area contributed by atoms with Gasteiger partial charge in [-0.1, -0.05) is 23.2 Å². The van der Waals surface area contributed by atoms with Crippen LogP contribution in [0.4, 0.5) is 0 Å². The van der Waals surface area contributed by atoms with Gasteiger partial charge in [-0.25, -0.2) is 0 Å². The van der Waals surface area contributed by atoms with E-state index in [1.165, 1.54) is 6.07 Å². The molecule has 1 nitrogen and oxygen atoms in total. The summed E-state index contributed by atoms with van der Waals surface area (Å²) in [5, 5.41) is 10.2. The predicted molar refractivity (Wildman–Crippen MR) is 51.5 cm³/mol. The molecule has 0 aliphatic carbocycles. The molecule has 1 N–H and O–H groups in total. The van der Waals surface area contributed by atoms with E-state index in [0.717, 1.165) is 0 Å². The van der Waals surface area contributed by atoms with Crippen LogP contribution in [0.1, 0.15) is 5.56 Å². The molecule has 0 bridgehead atoms. The van der Waals surface area contributed by atoms with Crippen molar-refractivity contribution in [2.24, 2.45) is 0 Å². The Kier molecular flexibility index (Phi) is 3.00. The van der Waals surface area contributed by atoms with Crippen LogP contribution in [0, 0.1) is 0 Å². The highest BCUT2D eigenvalue weighted by Gasteiger charge is 2.07. The first-order valence-corrected chi connectivity index (χ1v) is 4.60. The zero-order valence-corrected chi connectivity index (χ0v) is 8.31. The maximum Gasteiger partial charge on any atom is 0.120 e. The molecule has 4 heteroatoms. The summed E-state index contributed by atoms with van der Waals surface area (Å²) in [6.07, 6.45) is 0.602. The molecule has 0 amide bonds. The molecule has 11 heavy (non-hydrogen) atoms. The Bertz CT molecular complexity index is 275. The summed E-state index contributed by atoms with van der Waals surface area (Å²) in [5.74, 6) is 0.189. The van der Waals surface area contributed by atoms with Crippen LogP contribution in [-0.4, -0.2) is 5.11 Å². The molecule has 0 fully saturated rings. The van der Waals surface area contributed by atoms with Gasteiger partial charge in [0.15, 0.2) is 0 Å². The lowest BCUT2D eigenvalue weighted by Crippen LogP contribution is -1.81. The van der Waals surface area contributed by atoms with E-state index in [1.54, 1.807) is 6.07 Å². The second kappa shape index (κ2) is 3.62. The lowest BCUT2D eigenvalue weighted by Gasteiger charge is -2.04. The summed E-state index contributed by atoms with van der Waals surface area (Å²) in [7, 11) is 2.48. The molecule has 0 saturated carbocycles. The van der Waals surface area contributed by atoms with E-state index in [4.69, 9.17) is 23.2 Å². The Morgan fingerprint density at radius 1 is 1.36 bits per heavy atom. The Morgan fingerprint density at radius 3 is 2.45 bits per heavy atom. The second-order valence-electron chi connectivity index (χ2n) is 2.06. The van der Waals surface area contributed by atoms with Gasteiger partial charge in [0.25, 0.3) is 0 Å². The zero-order valence-electron chi connectivity index (χ0n) is 5.64. The minimum atomic E-state index is 0.189. The van der Waals surface area contributed by atoms with Gasteiger partial charge in [0.2, 0.25) is 0 Å². The minimum Gasteiger partial charge on any atom is -0.508 e. The van der Waals surface area contributed by atoms with Crippen molar-refractivity contribution >= 4 is 32.4 Å². The summed E-state index contributed by atoms with van der Waals surface area (Å²) in [6, 6.07) is 3.11. The van der Waals surface area contributed by atoms with Crippen LogP contribution in [-0.2, 0) is 6.16 Å². The molecular formula is C7H7Cl2OP. The fraction of sp³-hybridized carbons (Fsp3) is 0.143.